The molecule has 2 aromatic rings. The Morgan fingerprint density at radius 2 is 1.81 bits per heavy atom. The van der Waals surface area contributed by atoms with Crippen LogP contribution in [0.2, 0.25) is 0 Å². The van der Waals surface area contributed by atoms with Crippen LogP contribution in [-0.2, 0) is 24.3 Å². The summed E-state index contributed by atoms with van der Waals surface area (Å²) in [6.45, 7) is 6.83. The van der Waals surface area contributed by atoms with E-state index in [1.165, 1.54) is 41.3 Å². The zero-order chi connectivity index (χ0) is 27.0. The van der Waals surface area contributed by atoms with E-state index < -0.39 is 51.6 Å². The van der Waals surface area contributed by atoms with Gasteiger partial charge in [-0.25, -0.2) is 22.6 Å². The number of halogens is 1. The number of amides is 1. The van der Waals surface area contributed by atoms with Crippen molar-refractivity contribution >= 4 is 22.1 Å². The lowest BCUT2D eigenvalue weighted by atomic mass is 10.1. The van der Waals surface area contributed by atoms with Gasteiger partial charge in [-0.05, 0) is 70.9 Å². The summed E-state index contributed by atoms with van der Waals surface area (Å²) in [6.07, 6.45) is 1.50. The van der Waals surface area contributed by atoms with E-state index in [2.05, 4.69) is 4.98 Å². The summed E-state index contributed by atoms with van der Waals surface area (Å²) in [5.74, 6) is -0.697. The predicted molar refractivity (Wildman–Crippen MR) is 130 cm³/mol. The zero-order valence-corrected chi connectivity index (χ0v) is 21.9. The minimum atomic E-state index is -4.19. The van der Waals surface area contributed by atoms with Crippen LogP contribution in [0.4, 0.5) is 9.18 Å². The quantitative estimate of drug-likeness (QED) is 0.514. The molecule has 3 heterocycles. The van der Waals surface area contributed by atoms with E-state index in [-0.39, 0.29) is 23.9 Å². The third kappa shape index (κ3) is 5.69. The second-order valence-corrected chi connectivity index (χ2v) is 11.7. The lowest BCUT2D eigenvalue weighted by Gasteiger charge is -2.44. The topological polar surface area (TPSA) is 115 Å². The molecule has 1 aromatic carbocycles. The Hall–Kier alpha value is -3.25. The molecular formula is C25H30FN3O7S. The van der Waals surface area contributed by atoms with Crippen molar-refractivity contribution in [1.82, 2.24) is 14.2 Å². The van der Waals surface area contributed by atoms with E-state index in [1.54, 1.807) is 27.7 Å². The van der Waals surface area contributed by atoms with Crippen molar-refractivity contribution in [3.63, 3.8) is 0 Å². The van der Waals surface area contributed by atoms with Crippen LogP contribution in [0.5, 0.6) is 11.6 Å². The average Bonchev–Trinajstić information content (AvgIpc) is 3.13. The van der Waals surface area contributed by atoms with Gasteiger partial charge in [0.05, 0.1) is 18.8 Å². The van der Waals surface area contributed by atoms with Crippen LogP contribution in [0.1, 0.15) is 40.5 Å². The first-order valence-electron chi connectivity index (χ1n) is 12.0. The second-order valence-electron chi connectivity index (χ2n) is 9.85. The number of carbonyl (C=O) groups is 2. The molecule has 2 aliphatic rings. The van der Waals surface area contributed by atoms with Gasteiger partial charge < -0.3 is 14.2 Å². The van der Waals surface area contributed by atoms with Gasteiger partial charge in [-0.2, -0.15) is 4.31 Å². The number of benzene rings is 1. The summed E-state index contributed by atoms with van der Waals surface area (Å²) >= 11 is 0. The van der Waals surface area contributed by atoms with Crippen molar-refractivity contribution in [2.45, 2.75) is 69.2 Å². The minimum absolute atomic E-state index is 0.0583. The summed E-state index contributed by atoms with van der Waals surface area (Å²) in [6, 6.07) is 5.60. The average molecular weight is 536 g/mol. The number of esters is 1. The SMILES string of the molecule is CCOC(=O)[C@@H]1[C@@H]2CC[C@H](CN1S(=O)(=O)c1ccc(Oc3ccc(F)cc3)nc1)N2C(=O)OC(C)(C)C. The van der Waals surface area contributed by atoms with Gasteiger partial charge in [-0.1, -0.05) is 0 Å². The molecule has 12 heteroatoms. The first-order chi connectivity index (χ1) is 17.4. The number of pyridine rings is 1. The fourth-order valence-electron chi connectivity index (χ4n) is 4.60. The molecule has 3 atom stereocenters. The second kappa shape index (κ2) is 10.3. The Labute approximate surface area is 215 Å². The van der Waals surface area contributed by atoms with Crippen LogP contribution in [-0.4, -0.2) is 71.5 Å². The maximum Gasteiger partial charge on any atom is 0.410 e. The summed E-state index contributed by atoms with van der Waals surface area (Å²) < 4.78 is 57.9. The predicted octanol–water partition coefficient (Wildman–Crippen LogP) is 3.72. The molecule has 0 aliphatic carbocycles. The lowest BCUT2D eigenvalue weighted by molar-refractivity contribution is -0.151. The number of hydrogen-bond acceptors (Lipinski definition) is 8. The first-order valence-corrected chi connectivity index (χ1v) is 13.4. The third-order valence-electron chi connectivity index (χ3n) is 6.10. The monoisotopic (exact) mass is 535 g/mol. The normalized spacial score (nSPS) is 22.0. The molecule has 2 saturated heterocycles. The third-order valence-corrected chi connectivity index (χ3v) is 7.93. The molecule has 0 spiro atoms. The van der Waals surface area contributed by atoms with E-state index in [1.807, 2.05) is 0 Å². The van der Waals surface area contributed by atoms with Gasteiger partial charge in [-0.3, -0.25) is 9.69 Å². The highest BCUT2D eigenvalue weighted by Crippen LogP contribution is 2.38. The van der Waals surface area contributed by atoms with Crippen molar-refractivity contribution in [3.05, 3.63) is 48.4 Å². The van der Waals surface area contributed by atoms with Crippen LogP contribution in [0.25, 0.3) is 0 Å². The number of ether oxygens (including phenoxy) is 3. The molecule has 37 heavy (non-hydrogen) atoms. The highest BCUT2D eigenvalue weighted by molar-refractivity contribution is 7.89. The lowest BCUT2D eigenvalue weighted by Crippen LogP contribution is -2.65. The minimum Gasteiger partial charge on any atom is -0.465 e. The summed E-state index contributed by atoms with van der Waals surface area (Å²) in [7, 11) is -4.19. The smallest absolute Gasteiger partial charge is 0.410 e. The highest BCUT2D eigenvalue weighted by Gasteiger charge is 2.56. The number of rotatable bonds is 6. The maximum absolute atomic E-state index is 13.7. The molecule has 0 N–H and O–H groups in total. The van der Waals surface area contributed by atoms with Gasteiger partial charge in [0.1, 0.15) is 28.1 Å². The molecule has 2 bridgehead atoms. The molecule has 10 nitrogen and oxygen atoms in total. The Balaban J connectivity index is 1.60. The van der Waals surface area contributed by atoms with Crippen molar-refractivity contribution in [2.75, 3.05) is 13.2 Å². The molecule has 0 unspecified atom stereocenters. The molecule has 0 radical (unpaired) electrons. The van der Waals surface area contributed by atoms with Crippen LogP contribution in [0, 0.1) is 5.82 Å². The van der Waals surface area contributed by atoms with Crippen molar-refractivity contribution in [2.24, 2.45) is 0 Å². The van der Waals surface area contributed by atoms with E-state index in [0.29, 0.717) is 18.6 Å². The Morgan fingerprint density at radius 1 is 1.11 bits per heavy atom. The van der Waals surface area contributed by atoms with Crippen molar-refractivity contribution < 1.29 is 36.6 Å². The van der Waals surface area contributed by atoms with Crippen LogP contribution >= 0.6 is 0 Å². The van der Waals surface area contributed by atoms with Gasteiger partial charge in [-0.15, -0.1) is 0 Å². The summed E-state index contributed by atoms with van der Waals surface area (Å²) in [5, 5.41) is 0. The molecule has 4 rings (SSSR count). The Bertz CT molecular complexity index is 1250. The summed E-state index contributed by atoms with van der Waals surface area (Å²) in [4.78, 5) is 31.4. The van der Waals surface area contributed by atoms with Crippen molar-refractivity contribution in [1.29, 1.82) is 0 Å². The van der Waals surface area contributed by atoms with Crippen LogP contribution in [0.3, 0.4) is 0 Å². The number of fused-ring (bicyclic) bond motifs is 2. The highest BCUT2D eigenvalue weighted by atomic mass is 32.2. The van der Waals surface area contributed by atoms with Crippen LogP contribution < -0.4 is 4.74 Å². The number of piperazine rings is 1. The molecular weight excluding hydrogens is 505 g/mol. The van der Waals surface area contributed by atoms with Gasteiger partial charge >= 0.3 is 12.1 Å². The molecule has 1 amide bonds. The number of hydrogen-bond donors (Lipinski definition) is 0. The molecule has 2 fully saturated rings. The largest absolute Gasteiger partial charge is 0.465 e. The molecule has 1 aromatic heterocycles. The van der Waals surface area contributed by atoms with Gasteiger partial charge in [0.2, 0.25) is 15.9 Å². The van der Waals surface area contributed by atoms with Crippen LogP contribution in [0.15, 0.2) is 47.5 Å². The number of nitrogens with zero attached hydrogens (tertiary/aromatic N) is 3. The van der Waals surface area contributed by atoms with Gasteiger partial charge in [0.15, 0.2) is 0 Å². The fourth-order valence-corrected chi connectivity index (χ4v) is 6.19. The number of aromatic nitrogens is 1. The molecule has 200 valence electrons. The van der Waals surface area contributed by atoms with Crippen molar-refractivity contribution in [3.8, 4) is 11.6 Å². The van der Waals surface area contributed by atoms with Gasteiger partial charge in [0.25, 0.3) is 0 Å². The van der Waals surface area contributed by atoms with E-state index in [0.717, 1.165) is 10.5 Å². The van der Waals surface area contributed by atoms with Gasteiger partial charge in [0, 0.05) is 18.7 Å². The Morgan fingerprint density at radius 3 is 2.41 bits per heavy atom. The maximum atomic E-state index is 13.7. The first kappa shape index (κ1) is 26.8. The standard InChI is InChI=1S/C25H30FN3O7S/c1-5-34-23(30)22-20-12-8-17(29(20)24(31)36-25(2,3)4)15-28(22)37(32,33)19-11-13-21(27-14-19)35-18-9-6-16(26)7-10-18/h6-7,9-11,13-14,17,20,22H,5,8,12,15H2,1-4H3/t17-,20+,22+/m1/s1. The molecule has 0 saturated carbocycles. The fraction of sp³-hybridized carbons (Fsp3) is 0.480. The van der Waals surface area contributed by atoms with E-state index in [9.17, 15) is 22.4 Å². The van der Waals surface area contributed by atoms with E-state index >= 15 is 0 Å². The number of carbonyl (C=O) groups excluding carboxylic acids is 2. The summed E-state index contributed by atoms with van der Waals surface area (Å²) in [5.41, 5.74) is -0.747. The molecule has 2 aliphatic heterocycles. The number of sulfonamides is 1. The zero-order valence-electron chi connectivity index (χ0n) is 21.1. The van der Waals surface area contributed by atoms with E-state index in [4.69, 9.17) is 14.2 Å². The Kier molecular flexibility index (Phi) is 7.43.